The van der Waals surface area contributed by atoms with Crippen molar-refractivity contribution in [3.63, 3.8) is 0 Å². The Hall–Kier alpha value is -2.14. The normalized spacial score (nSPS) is 22.3. The lowest BCUT2D eigenvalue weighted by atomic mass is 9.92. The smallest absolute Gasteiger partial charge is 0.290 e. The van der Waals surface area contributed by atoms with Gasteiger partial charge in [-0.15, -0.1) is 0 Å². The van der Waals surface area contributed by atoms with Gasteiger partial charge in [0.15, 0.2) is 0 Å². The molecule has 29 heavy (non-hydrogen) atoms. The third kappa shape index (κ3) is 5.27. The van der Waals surface area contributed by atoms with E-state index in [4.69, 9.17) is 4.52 Å². The van der Waals surface area contributed by atoms with Gasteiger partial charge in [-0.05, 0) is 43.7 Å². The van der Waals surface area contributed by atoms with Crippen molar-refractivity contribution in [2.24, 2.45) is 0 Å². The summed E-state index contributed by atoms with van der Waals surface area (Å²) >= 11 is 0. The van der Waals surface area contributed by atoms with Crippen molar-refractivity contribution in [2.75, 3.05) is 19.6 Å². The molecule has 1 aliphatic carbocycles. The monoisotopic (exact) mass is 395 g/mol. The average Bonchev–Trinajstić information content (AvgIpc) is 3.26. The molecule has 1 aliphatic heterocycles. The topological polar surface area (TPSA) is 58.4 Å². The molecule has 1 aromatic heterocycles. The molecule has 1 N–H and O–H groups in total. The zero-order chi connectivity index (χ0) is 20.1. The summed E-state index contributed by atoms with van der Waals surface area (Å²) in [4.78, 5) is 15.1. The zero-order valence-electron chi connectivity index (χ0n) is 17.5. The first-order valence-electron chi connectivity index (χ1n) is 11.2. The highest BCUT2D eigenvalue weighted by Crippen LogP contribution is 2.28. The molecule has 156 valence electrons. The molecule has 2 aromatic rings. The molecule has 1 saturated heterocycles. The molecule has 1 amide bonds. The largest absolute Gasteiger partial charge is 0.351 e. The van der Waals surface area contributed by atoms with E-state index >= 15 is 0 Å². The minimum absolute atomic E-state index is 0.110. The summed E-state index contributed by atoms with van der Waals surface area (Å²) in [7, 11) is 0. The van der Waals surface area contributed by atoms with Crippen molar-refractivity contribution in [3.8, 4) is 0 Å². The van der Waals surface area contributed by atoms with Gasteiger partial charge in [0.25, 0.3) is 5.91 Å². The van der Waals surface area contributed by atoms with Crippen LogP contribution in [0.1, 0.15) is 85.5 Å². The number of carbonyl (C=O) groups is 1. The van der Waals surface area contributed by atoms with Crippen LogP contribution in [0.15, 0.2) is 40.9 Å². The Morgan fingerprint density at radius 2 is 1.97 bits per heavy atom. The van der Waals surface area contributed by atoms with Gasteiger partial charge in [0.2, 0.25) is 5.76 Å². The van der Waals surface area contributed by atoms with Gasteiger partial charge < -0.3 is 14.7 Å². The van der Waals surface area contributed by atoms with E-state index in [1.807, 2.05) is 6.07 Å². The number of piperidine rings is 1. The molecule has 0 spiro atoms. The molecule has 4 rings (SSSR count). The first-order valence-corrected chi connectivity index (χ1v) is 11.2. The van der Waals surface area contributed by atoms with Gasteiger partial charge in [0.05, 0.1) is 5.69 Å². The molecule has 2 heterocycles. The number of rotatable bonds is 6. The fourth-order valence-electron chi connectivity index (χ4n) is 4.83. The minimum atomic E-state index is -0.110. The third-order valence-electron chi connectivity index (χ3n) is 6.52. The lowest BCUT2D eigenvalue weighted by Crippen LogP contribution is -2.37. The molecule has 1 saturated carbocycles. The van der Waals surface area contributed by atoms with Gasteiger partial charge in [-0.2, -0.15) is 0 Å². The van der Waals surface area contributed by atoms with Crippen LogP contribution < -0.4 is 5.32 Å². The van der Waals surface area contributed by atoms with Gasteiger partial charge in [-0.1, -0.05) is 61.7 Å². The second kappa shape index (κ2) is 9.57. The summed E-state index contributed by atoms with van der Waals surface area (Å²) in [5.74, 6) is 1.09. The Morgan fingerprint density at radius 1 is 1.17 bits per heavy atom. The van der Waals surface area contributed by atoms with Crippen LogP contribution >= 0.6 is 0 Å². The lowest BCUT2D eigenvalue weighted by molar-refractivity contribution is 0.0890. The quantitative estimate of drug-likeness (QED) is 0.769. The van der Waals surface area contributed by atoms with Gasteiger partial charge in [-0.25, -0.2) is 0 Å². The molecule has 1 aromatic carbocycles. The highest BCUT2D eigenvalue weighted by molar-refractivity contribution is 5.91. The number of carbonyl (C=O) groups excluding carboxylic acids is 1. The predicted octanol–water partition coefficient (Wildman–Crippen LogP) is 4.72. The molecule has 5 nitrogen and oxygen atoms in total. The summed E-state index contributed by atoms with van der Waals surface area (Å²) in [6, 6.07) is 12.9. The van der Waals surface area contributed by atoms with Crippen LogP contribution in [0, 0.1) is 0 Å². The van der Waals surface area contributed by atoms with E-state index in [0.29, 0.717) is 17.6 Å². The Kier molecular flexibility index (Phi) is 6.65. The summed E-state index contributed by atoms with van der Waals surface area (Å²) in [6.07, 6.45) is 8.08. The molecular weight excluding hydrogens is 362 g/mol. The molecule has 0 unspecified atom stereocenters. The number of hydrogen-bond donors (Lipinski definition) is 1. The van der Waals surface area contributed by atoms with Crippen molar-refractivity contribution in [1.82, 2.24) is 15.4 Å². The predicted molar refractivity (Wildman–Crippen MR) is 114 cm³/mol. The van der Waals surface area contributed by atoms with Gasteiger partial charge in [-0.3, -0.25) is 4.79 Å². The number of benzene rings is 1. The maximum Gasteiger partial charge on any atom is 0.290 e. The standard InChI is InChI=1S/C24H33N3O2/c1-18(19-9-4-2-5-10-19)16-27-14-8-11-20(17-27)22-15-23(29-26-22)24(28)25-21-12-6-3-7-13-21/h2,4-5,9-10,15,18,20-21H,3,6-8,11-14,16-17H2,1H3,(H,25,28)/t18-,20+/m1/s1. The van der Waals surface area contributed by atoms with Crippen LogP contribution in [-0.4, -0.2) is 41.6 Å². The maximum absolute atomic E-state index is 12.5. The van der Waals surface area contributed by atoms with Crippen molar-refractivity contribution in [1.29, 1.82) is 0 Å². The molecule has 2 fully saturated rings. The fraction of sp³-hybridized carbons (Fsp3) is 0.583. The SMILES string of the molecule is C[C@H](CN1CCC[C@H](c2cc(C(=O)NC3CCCCC3)on2)C1)c1ccccc1. The number of hydrogen-bond acceptors (Lipinski definition) is 4. The molecule has 2 atom stereocenters. The molecule has 0 radical (unpaired) electrons. The van der Waals surface area contributed by atoms with E-state index in [9.17, 15) is 4.79 Å². The Bertz CT molecular complexity index is 782. The van der Waals surface area contributed by atoms with Crippen molar-refractivity contribution in [2.45, 2.75) is 69.7 Å². The first-order chi connectivity index (χ1) is 14.2. The van der Waals surface area contributed by atoms with Gasteiger partial charge in [0, 0.05) is 31.1 Å². The zero-order valence-corrected chi connectivity index (χ0v) is 17.5. The van der Waals surface area contributed by atoms with Crippen molar-refractivity contribution in [3.05, 3.63) is 53.4 Å². The van der Waals surface area contributed by atoms with Crippen molar-refractivity contribution < 1.29 is 9.32 Å². The van der Waals surface area contributed by atoms with E-state index in [1.54, 1.807) is 0 Å². The number of likely N-dealkylation sites (tertiary alicyclic amines) is 1. The highest BCUT2D eigenvalue weighted by atomic mass is 16.5. The molecular formula is C24H33N3O2. The summed E-state index contributed by atoms with van der Waals surface area (Å²) in [5, 5.41) is 7.38. The van der Waals surface area contributed by atoms with E-state index in [2.05, 4.69) is 52.6 Å². The van der Waals surface area contributed by atoms with E-state index in [1.165, 1.54) is 24.8 Å². The first kappa shape index (κ1) is 20.1. The summed E-state index contributed by atoms with van der Waals surface area (Å²) < 4.78 is 5.43. The van der Waals surface area contributed by atoms with Crippen LogP contribution in [0.4, 0.5) is 0 Å². The Morgan fingerprint density at radius 3 is 2.76 bits per heavy atom. The summed E-state index contributed by atoms with van der Waals surface area (Å²) in [5.41, 5.74) is 2.31. The molecule has 0 bridgehead atoms. The second-order valence-electron chi connectivity index (χ2n) is 8.83. The van der Waals surface area contributed by atoms with Crippen LogP contribution in [0.5, 0.6) is 0 Å². The minimum Gasteiger partial charge on any atom is -0.351 e. The number of amides is 1. The van der Waals surface area contributed by atoms with Crippen LogP contribution in [0.3, 0.4) is 0 Å². The summed E-state index contributed by atoms with van der Waals surface area (Å²) in [6.45, 7) is 5.45. The van der Waals surface area contributed by atoms with Crippen LogP contribution in [0.25, 0.3) is 0 Å². The van der Waals surface area contributed by atoms with Gasteiger partial charge >= 0.3 is 0 Å². The molecule has 5 heteroatoms. The van der Waals surface area contributed by atoms with E-state index in [0.717, 1.165) is 51.0 Å². The second-order valence-corrected chi connectivity index (χ2v) is 8.83. The van der Waals surface area contributed by atoms with Crippen LogP contribution in [-0.2, 0) is 0 Å². The number of nitrogens with one attached hydrogen (secondary N) is 1. The fourth-order valence-corrected chi connectivity index (χ4v) is 4.83. The number of aromatic nitrogens is 1. The average molecular weight is 396 g/mol. The highest BCUT2D eigenvalue weighted by Gasteiger charge is 2.27. The van der Waals surface area contributed by atoms with Gasteiger partial charge in [0.1, 0.15) is 0 Å². The molecule has 2 aliphatic rings. The number of nitrogens with zero attached hydrogens (tertiary/aromatic N) is 2. The lowest BCUT2D eigenvalue weighted by Gasteiger charge is -2.33. The third-order valence-corrected chi connectivity index (χ3v) is 6.52. The Balaban J connectivity index is 1.33. The van der Waals surface area contributed by atoms with Crippen LogP contribution in [0.2, 0.25) is 0 Å². The van der Waals surface area contributed by atoms with Crippen molar-refractivity contribution >= 4 is 5.91 Å². The van der Waals surface area contributed by atoms with E-state index < -0.39 is 0 Å². The maximum atomic E-state index is 12.5. The van der Waals surface area contributed by atoms with E-state index in [-0.39, 0.29) is 11.9 Å². The Labute approximate surface area is 173 Å².